The first-order chi connectivity index (χ1) is 6.44. The summed E-state index contributed by atoms with van der Waals surface area (Å²) >= 11 is 3.39. The van der Waals surface area contributed by atoms with Crippen molar-refractivity contribution in [2.24, 2.45) is 0 Å². The largest absolute Gasteiger partial charge is 0.394 e. The highest BCUT2D eigenvalue weighted by molar-refractivity contribution is 9.10. The zero-order valence-electron chi connectivity index (χ0n) is 8.63. The normalized spacial score (nSPS) is 11.5. The second kappa shape index (κ2) is 4.28. The van der Waals surface area contributed by atoms with Crippen LogP contribution in [0.1, 0.15) is 19.5 Å². The Labute approximate surface area is 92.7 Å². The van der Waals surface area contributed by atoms with Gasteiger partial charge < -0.3 is 10.4 Å². The first-order valence-electron chi connectivity index (χ1n) is 4.47. The van der Waals surface area contributed by atoms with Crippen LogP contribution < -0.4 is 5.32 Å². The number of rotatable bonds is 3. The number of nitrogens with zero attached hydrogens (tertiary/aromatic N) is 1. The van der Waals surface area contributed by atoms with Crippen molar-refractivity contribution >= 4 is 21.7 Å². The Bertz CT molecular complexity index is 326. The lowest BCUT2D eigenvalue weighted by molar-refractivity contribution is 0.234. The lowest BCUT2D eigenvalue weighted by Gasteiger charge is -2.24. The van der Waals surface area contributed by atoms with Crippen LogP contribution in [0, 0.1) is 6.92 Å². The summed E-state index contributed by atoms with van der Waals surface area (Å²) in [5.74, 6) is 0.782. The van der Waals surface area contributed by atoms with Gasteiger partial charge in [-0.25, -0.2) is 4.98 Å². The first kappa shape index (κ1) is 11.5. The van der Waals surface area contributed by atoms with Gasteiger partial charge in [0.2, 0.25) is 0 Å². The van der Waals surface area contributed by atoms with E-state index in [1.54, 1.807) is 0 Å². The Kier molecular flexibility index (Phi) is 3.50. The van der Waals surface area contributed by atoms with Crippen molar-refractivity contribution in [3.05, 3.63) is 22.3 Å². The van der Waals surface area contributed by atoms with Crippen LogP contribution in [0.5, 0.6) is 0 Å². The SMILES string of the molecule is Cc1nc(NC(C)(C)CO)ccc1Br. The van der Waals surface area contributed by atoms with Crippen LogP contribution >= 0.6 is 15.9 Å². The highest BCUT2D eigenvalue weighted by atomic mass is 79.9. The molecule has 78 valence electrons. The number of aryl methyl sites for hydroxylation is 1. The van der Waals surface area contributed by atoms with Gasteiger partial charge in [-0.2, -0.15) is 0 Å². The van der Waals surface area contributed by atoms with Gasteiger partial charge in [0.15, 0.2) is 0 Å². The highest BCUT2D eigenvalue weighted by Crippen LogP contribution is 2.18. The molecule has 4 heteroatoms. The summed E-state index contributed by atoms with van der Waals surface area (Å²) in [6.07, 6.45) is 0. The zero-order valence-corrected chi connectivity index (χ0v) is 10.2. The van der Waals surface area contributed by atoms with Crippen molar-refractivity contribution in [3.63, 3.8) is 0 Å². The number of hydrogen-bond donors (Lipinski definition) is 2. The second-order valence-corrected chi connectivity index (χ2v) is 4.79. The number of aliphatic hydroxyl groups excluding tert-OH is 1. The van der Waals surface area contributed by atoms with Crippen LogP contribution in [0.3, 0.4) is 0 Å². The van der Waals surface area contributed by atoms with E-state index in [0.29, 0.717) is 0 Å². The summed E-state index contributed by atoms with van der Waals surface area (Å²) in [4.78, 5) is 4.34. The Morgan fingerprint density at radius 3 is 2.64 bits per heavy atom. The van der Waals surface area contributed by atoms with E-state index in [0.717, 1.165) is 16.0 Å². The lowest BCUT2D eigenvalue weighted by atomic mass is 10.1. The van der Waals surface area contributed by atoms with Gasteiger partial charge in [0, 0.05) is 4.47 Å². The van der Waals surface area contributed by atoms with Crippen LogP contribution in [-0.4, -0.2) is 22.2 Å². The number of aromatic nitrogens is 1. The van der Waals surface area contributed by atoms with E-state index in [4.69, 9.17) is 5.11 Å². The van der Waals surface area contributed by atoms with Gasteiger partial charge in [0.05, 0.1) is 17.8 Å². The number of pyridine rings is 1. The van der Waals surface area contributed by atoms with E-state index in [1.807, 2.05) is 32.9 Å². The third kappa shape index (κ3) is 2.96. The molecule has 0 saturated carbocycles. The molecule has 0 amide bonds. The Morgan fingerprint density at radius 1 is 1.50 bits per heavy atom. The van der Waals surface area contributed by atoms with Crippen LogP contribution in [0.25, 0.3) is 0 Å². The quantitative estimate of drug-likeness (QED) is 0.875. The number of anilines is 1. The molecule has 0 saturated heterocycles. The molecule has 0 aromatic carbocycles. The molecule has 0 bridgehead atoms. The lowest BCUT2D eigenvalue weighted by Crippen LogP contribution is -2.35. The van der Waals surface area contributed by atoms with Gasteiger partial charge in [-0.3, -0.25) is 0 Å². The smallest absolute Gasteiger partial charge is 0.126 e. The van der Waals surface area contributed by atoms with E-state index in [9.17, 15) is 0 Å². The minimum atomic E-state index is -0.340. The van der Waals surface area contributed by atoms with Crippen LogP contribution in [0.15, 0.2) is 16.6 Å². The van der Waals surface area contributed by atoms with Crippen molar-refractivity contribution in [1.29, 1.82) is 0 Å². The van der Waals surface area contributed by atoms with Crippen molar-refractivity contribution in [2.45, 2.75) is 26.3 Å². The molecule has 14 heavy (non-hydrogen) atoms. The summed E-state index contributed by atoms with van der Waals surface area (Å²) in [5, 5.41) is 12.2. The molecular weight excluding hydrogens is 244 g/mol. The predicted octanol–water partition coefficient (Wildman–Crippen LogP) is 2.34. The molecule has 1 aromatic heterocycles. The summed E-state index contributed by atoms with van der Waals surface area (Å²) in [6.45, 7) is 5.85. The van der Waals surface area contributed by atoms with Gasteiger partial charge in [0.25, 0.3) is 0 Å². The Morgan fingerprint density at radius 2 is 2.14 bits per heavy atom. The molecule has 2 N–H and O–H groups in total. The van der Waals surface area contributed by atoms with Crippen molar-refractivity contribution in [3.8, 4) is 0 Å². The van der Waals surface area contributed by atoms with Crippen molar-refractivity contribution in [2.75, 3.05) is 11.9 Å². The number of halogens is 1. The maximum Gasteiger partial charge on any atom is 0.126 e. The summed E-state index contributed by atoms with van der Waals surface area (Å²) in [6, 6.07) is 3.83. The molecule has 0 aliphatic carbocycles. The second-order valence-electron chi connectivity index (χ2n) is 3.93. The van der Waals surface area contributed by atoms with Crippen LogP contribution in [0.4, 0.5) is 5.82 Å². The average Bonchev–Trinajstić information content (AvgIpc) is 2.11. The molecule has 1 aromatic rings. The molecule has 0 radical (unpaired) electrons. The summed E-state index contributed by atoms with van der Waals surface area (Å²) in [5.41, 5.74) is 0.594. The van der Waals surface area contributed by atoms with E-state index in [2.05, 4.69) is 26.2 Å². The monoisotopic (exact) mass is 258 g/mol. The van der Waals surface area contributed by atoms with Gasteiger partial charge in [-0.1, -0.05) is 0 Å². The summed E-state index contributed by atoms with van der Waals surface area (Å²) in [7, 11) is 0. The fourth-order valence-corrected chi connectivity index (χ4v) is 1.22. The third-order valence-electron chi connectivity index (χ3n) is 1.88. The molecule has 0 spiro atoms. The fourth-order valence-electron chi connectivity index (χ4n) is 1.000. The predicted molar refractivity (Wildman–Crippen MR) is 61.5 cm³/mol. The minimum absolute atomic E-state index is 0.0732. The Hall–Kier alpha value is -0.610. The van der Waals surface area contributed by atoms with E-state index in [-0.39, 0.29) is 12.1 Å². The van der Waals surface area contributed by atoms with Gasteiger partial charge >= 0.3 is 0 Å². The topological polar surface area (TPSA) is 45.2 Å². The van der Waals surface area contributed by atoms with E-state index in [1.165, 1.54) is 0 Å². The van der Waals surface area contributed by atoms with Gasteiger partial charge in [-0.15, -0.1) is 0 Å². The molecular formula is C10H15BrN2O. The molecule has 1 heterocycles. The molecule has 0 atom stereocenters. The zero-order chi connectivity index (χ0) is 10.8. The van der Waals surface area contributed by atoms with Gasteiger partial charge in [0.1, 0.15) is 5.82 Å². The molecule has 0 aliphatic heterocycles. The maximum atomic E-state index is 9.08. The molecule has 1 rings (SSSR count). The number of aliphatic hydroxyl groups is 1. The maximum absolute atomic E-state index is 9.08. The fraction of sp³-hybridized carbons (Fsp3) is 0.500. The standard InChI is InChI=1S/C10H15BrN2O/c1-7-8(11)4-5-9(12-7)13-10(2,3)6-14/h4-5,14H,6H2,1-3H3,(H,12,13). The highest BCUT2D eigenvalue weighted by Gasteiger charge is 2.16. The number of nitrogens with one attached hydrogen (secondary N) is 1. The first-order valence-corrected chi connectivity index (χ1v) is 5.26. The van der Waals surface area contributed by atoms with Crippen molar-refractivity contribution < 1.29 is 5.11 Å². The van der Waals surface area contributed by atoms with Gasteiger partial charge in [-0.05, 0) is 48.8 Å². The van der Waals surface area contributed by atoms with Crippen molar-refractivity contribution in [1.82, 2.24) is 4.98 Å². The third-order valence-corrected chi connectivity index (χ3v) is 2.72. The number of hydrogen-bond acceptors (Lipinski definition) is 3. The minimum Gasteiger partial charge on any atom is -0.394 e. The van der Waals surface area contributed by atoms with Crippen LogP contribution in [0.2, 0.25) is 0 Å². The molecule has 0 unspecified atom stereocenters. The molecule has 0 aliphatic rings. The van der Waals surface area contributed by atoms with E-state index >= 15 is 0 Å². The van der Waals surface area contributed by atoms with Crippen LogP contribution in [-0.2, 0) is 0 Å². The van der Waals surface area contributed by atoms with E-state index < -0.39 is 0 Å². The molecule has 3 nitrogen and oxygen atoms in total. The molecule has 0 fully saturated rings. The average molecular weight is 259 g/mol. The summed E-state index contributed by atoms with van der Waals surface area (Å²) < 4.78 is 0.991. The Balaban J connectivity index is 2.83.